The Hall–Kier alpha value is -1.10. The highest BCUT2D eigenvalue weighted by Gasteiger charge is 2.28. The van der Waals surface area contributed by atoms with E-state index in [9.17, 15) is 9.59 Å². The lowest BCUT2D eigenvalue weighted by molar-refractivity contribution is -0.135. The fourth-order valence-electron chi connectivity index (χ4n) is 2.22. The van der Waals surface area contributed by atoms with Crippen LogP contribution in [-0.4, -0.2) is 42.4 Å². The Bertz CT molecular complexity index is 305. The average Bonchev–Trinajstić information content (AvgIpc) is 2.34. The van der Waals surface area contributed by atoms with Crippen LogP contribution in [-0.2, 0) is 9.59 Å². The van der Waals surface area contributed by atoms with Gasteiger partial charge in [-0.1, -0.05) is 13.8 Å². The van der Waals surface area contributed by atoms with Crippen molar-refractivity contribution in [2.45, 2.75) is 39.7 Å². The molecule has 1 aliphatic rings. The Morgan fingerprint density at radius 3 is 2.67 bits per heavy atom. The van der Waals surface area contributed by atoms with Gasteiger partial charge in [-0.3, -0.25) is 9.59 Å². The van der Waals surface area contributed by atoms with E-state index in [4.69, 9.17) is 5.73 Å². The van der Waals surface area contributed by atoms with Gasteiger partial charge in [0.05, 0.1) is 6.04 Å². The van der Waals surface area contributed by atoms with Crippen molar-refractivity contribution in [3.05, 3.63) is 0 Å². The third-order valence-corrected chi connectivity index (χ3v) is 3.47. The van der Waals surface area contributed by atoms with Crippen LogP contribution in [0.25, 0.3) is 0 Å². The minimum absolute atomic E-state index is 0.0164. The molecule has 0 spiro atoms. The number of hydrogen-bond donors (Lipinski definition) is 2. The number of piperidine rings is 1. The summed E-state index contributed by atoms with van der Waals surface area (Å²) < 4.78 is 0. The lowest BCUT2D eigenvalue weighted by atomic mass is 9.96. The number of nitrogens with two attached hydrogens (primary N) is 1. The molecule has 1 aliphatic heterocycles. The molecule has 1 heterocycles. The van der Waals surface area contributed by atoms with E-state index in [0.29, 0.717) is 19.0 Å². The highest BCUT2D eigenvalue weighted by molar-refractivity contribution is 5.82. The fraction of sp³-hybridized carbons (Fsp3) is 0.846. The first kappa shape index (κ1) is 15.0. The smallest absolute Gasteiger partial charge is 0.239 e. The van der Waals surface area contributed by atoms with Gasteiger partial charge < -0.3 is 16.0 Å². The summed E-state index contributed by atoms with van der Waals surface area (Å²) in [6.07, 6.45) is 2.04. The van der Waals surface area contributed by atoms with Gasteiger partial charge in [-0.05, 0) is 24.7 Å². The van der Waals surface area contributed by atoms with Crippen LogP contribution in [0.4, 0.5) is 0 Å². The molecular formula is C13H25N3O2. The highest BCUT2D eigenvalue weighted by atomic mass is 16.2. The van der Waals surface area contributed by atoms with Gasteiger partial charge in [0, 0.05) is 26.6 Å². The summed E-state index contributed by atoms with van der Waals surface area (Å²) in [5.74, 6) is 0.536. The van der Waals surface area contributed by atoms with E-state index in [2.05, 4.69) is 5.32 Å². The molecule has 1 fully saturated rings. The van der Waals surface area contributed by atoms with Crippen molar-refractivity contribution < 1.29 is 9.59 Å². The molecule has 5 heteroatoms. The number of carbonyl (C=O) groups is 2. The van der Waals surface area contributed by atoms with E-state index in [1.807, 2.05) is 18.7 Å². The van der Waals surface area contributed by atoms with Crippen LogP contribution in [0.3, 0.4) is 0 Å². The highest BCUT2D eigenvalue weighted by Crippen LogP contribution is 2.17. The molecule has 0 aromatic heterocycles. The van der Waals surface area contributed by atoms with Gasteiger partial charge in [0.25, 0.3) is 0 Å². The van der Waals surface area contributed by atoms with Crippen molar-refractivity contribution in [1.82, 2.24) is 10.2 Å². The standard InChI is InChI=1S/C13H25N3O2/c1-9(2)12(14)13(18)16-6-4-5-11(8-16)7-15-10(3)17/h9,11-12H,4-8,14H2,1-3H3,(H,15,17). The van der Waals surface area contributed by atoms with Gasteiger partial charge >= 0.3 is 0 Å². The molecule has 0 aromatic rings. The molecule has 0 aliphatic carbocycles. The molecule has 2 amide bonds. The van der Waals surface area contributed by atoms with E-state index >= 15 is 0 Å². The second-order valence-electron chi connectivity index (χ2n) is 5.50. The maximum atomic E-state index is 12.1. The van der Waals surface area contributed by atoms with Crippen LogP contribution >= 0.6 is 0 Å². The number of carbonyl (C=O) groups excluding carboxylic acids is 2. The van der Waals surface area contributed by atoms with Crippen molar-refractivity contribution in [2.24, 2.45) is 17.6 Å². The summed E-state index contributed by atoms with van der Waals surface area (Å²) >= 11 is 0. The molecule has 1 saturated heterocycles. The second-order valence-corrected chi connectivity index (χ2v) is 5.50. The minimum atomic E-state index is -0.412. The molecule has 0 radical (unpaired) electrons. The molecule has 0 saturated carbocycles. The van der Waals surface area contributed by atoms with Gasteiger partial charge in [-0.2, -0.15) is 0 Å². The lowest BCUT2D eigenvalue weighted by Gasteiger charge is -2.35. The van der Waals surface area contributed by atoms with Crippen LogP contribution in [0.1, 0.15) is 33.6 Å². The maximum Gasteiger partial charge on any atom is 0.239 e. The van der Waals surface area contributed by atoms with Crippen molar-refractivity contribution in [2.75, 3.05) is 19.6 Å². The van der Waals surface area contributed by atoms with E-state index in [1.165, 1.54) is 6.92 Å². The number of hydrogen-bond acceptors (Lipinski definition) is 3. The monoisotopic (exact) mass is 255 g/mol. The zero-order valence-electron chi connectivity index (χ0n) is 11.6. The molecule has 5 nitrogen and oxygen atoms in total. The Morgan fingerprint density at radius 1 is 1.44 bits per heavy atom. The summed E-state index contributed by atoms with van der Waals surface area (Å²) in [4.78, 5) is 24.9. The summed E-state index contributed by atoms with van der Waals surface area (Å²) in [5, 5.41) is 2.82. The van der Waals surface area contributed by atoms with E-state index < -0.39 is 6.04 Å². The van der Waals surface area contributed by atoms with Crippen molar-refractivity contribution in [1.29, 1.82) is 0 Å². The largest absolute Gasteiger partial charge is 0.356 e. The third kappa shape index (κ3) is 4.29. The number of nitrogens with one attached hydrogen (secondary N) is 1. The normalized spacial score (nSPS) is 21.8. The van der Waals surface area contributed by atoms with Gasteiger partial charge in [0.2, 0.25) is 11.8 Å². The molecular weight excluding hydrogens is 230 g/mol. The van der Waals surface area contributed by atoms with E-state index in [0.717, 1.165) is 19.4 Å². The van der Waals surface area contributed by atoms with Crippen LogP contribution in [0.15, 0.2) is 0 Å². The van der Waals surface area contributed by atoms with E-state index in [-0.39, 0.29) is 17.7 Å². The maximum absolute atomic E-state index is 12.1. The molecule has 3 N–H and O–H groups in total. The van der Waals surface area contributed by atoms with Crippen LogP contribution in [0, 0.1) is 11.8 Å². The SMILES string of the molecule is CC(=O)NCC1CCCN(C(=O)C(N)C(C)C)C1. The number of rotatable bonds is 4. The molecule has 1 rings (SSSR count). The molecule has 0 bridgehead atoms. The Morgan fingerprint density at radius 2 is 2.11 bits per heavy atom. The number of likely N-dealkylation sites (tertiary alicyclic amines) is 1. The van der Waals surface area contributed by atoms with Gasteiger partial charge in [0.1, 0.15) is 0 Å². The molecule has 104 valence electrons. The van der Waals surface area contributed by atoms with E-state index in [1.54, 1.807) is 0 Å². The van der Waals surface area contributed by atoms with Crippen LogP contribution in [0.5, 0.6) is 0 Å². The van der Waals surface area contributed by atoms with Gasteiger partial charge in [-0.15, -0.1) is 0 Å². The Kier molecular flexibility index (Phi) is 5.59. The van der Waals surface area contributed by atoms with Gasteiger partial charge in [-0.25, -0.2) is 0 Å². The number of nitrogens with zero attached hydrogens (tertiary/aromatic N) is 1. The average molecular weight is 255 g/mol. The molecule has 18 heavy (non-hydrogen) atoms. The Labute approximate surface area is 109 Å². The summed E-state index contributed by atoms with van der Waals surface area (Å²) in [7, 11) is 0. The zero-order chi connectivity index (χ0) is 13.7. The van der Waals surface area contributed by atoms with Crippen molar-refractivity contribution >= 4 is 11.8 Å². The second kappa shape index (κ2) is 6.73. The van der Waals surface area contributed by atoms with Gasteiger partial charge in [0.15, 0.2) is 0 Å². The number of amides is 2. The first-order valence-electron chi connectivity index (χ1n) is 6.70. The molecule has 2 atom stereocenters. The predicted octanol–water partition coefficient (Wildman–Crippen LogP) is 0.344. The zero-order valence-corrected chi connectivity index (χ0v) is 11.6. The molecule has 0 aromatic carbocycles. The fourth-order valence-corrected chi connectivity index (χ4v) is 2.22. The Balaban J connectivity index is 2.47. The first-order valence-corrected chi connectivity index (χ1v) is 6.70. The predicted molar refractivity (Wildman–Crippen MR) is 70.8 cm³/mol. The van der Waals surface area contributed by atoms with Crippen LogP contribution < -0.4 is 11.1 Å². The summed E-state index contributed by atoms with van der Waals surface area (Å²) in [5.41, 5.74) is 5.90. The topological polar surface area (TPSA) is 75.4 Å². The third-order valence-electron chi connectivity index (χ3n) is 3.47. The quantitative estimate of drug-likeness (QED) is 0.761. The first-order chi connectivity index (χ1) is 8.41. The lowest BCUT2D eigenvalue weighted by Crippen LogP contribution is -2.51. The van der Waals surface area contributed by atoms with Crippen LogP contribution in [0.2, 0.25) is 0 Å². The van der Waals surface area contributed by atoms with Crippen molar-refractivity contribution in [3.63, 3.8) is 0 Å². The minimum Gasteiger partial charge on any atom is -0.356 e. The van der Waals surface area contributed by atoms with Crippen molar-refractivity contribution in [3.8, 4) is 0 Å². The molecule has 2 unspecified atom stereocenters. The summed E-state index contributed by atoms with van der Waals surface area (Å²) in [6.45, 7) is 7.58. The summed E-state index contributed by atoms with van der Waals surface area (Å²) in [6, 6.07) is -0.412.